The first kappa shape index (κ1) is 14.8. The van der Waals surface area contributed by atoms with Crippen LogP contribution in [0, 0.1) is 5.82 Å². The second kappa shape index (κ2) is 7.94. The molecule has 0 unspecified atom stereocenters. The zero-order chi connectivity index (χ0) is 13.4. The Morgan fingerprint density at radius 1 is 1.39 bits per heavy atom. The van der Waals surface area contributed by atoms with Crippen LogP contribution in [0.4, 0.5) is 4.39 Å². The van der Waals surface area contributed by atoms with Crippen molar-refractivity contribution in [2.45, 2.75) is 6.42 Å². The monoisotopic (exact) mass is 273 g/mol. The first-order valence-corrected chi connectivity index (χ1v) is 6.76. The Balaban J connectivity index is 2.32. The molecule has 4 nitrogen and oxygen atoms in total. The number of aromatic hydroxyl groups is 1. The van der Waals surface area contributed by atoms with Gasteiger partial charge in [-0.05, 0) is 24.3 Å². The second-order valence-corrected chi connectivity index (χ2v) is 4.83. The molecule has 0 atom stereocenters. The minimum absolute atomic E-state index is 0.0758. The minimum Gasteiger partial charge on any atom is -0.508 e. The molecule has 0 saturated heterocycles. The van der Waals surface area contributed by atoms with Gasteiger partial charge >= 0.3 is 0 Å². The van der Waals surface area contributed by atoms with Crippen molar-refractivity contribution in [2.24, 2.45) is 0 Å². The summed E-state index contributed by atoms with van der Waals surface area (Å²) in [6.45, 7) is 0.604. The number of phenols is 1. The molecule has 0 radical (unpaired) electrons. The number of halogens is 1. The molecule has 0 saturated carbocycles. The van der Waals surface area contributed by atoms with Crippen molar-refractivity contribution in [1.82, 2.24) is 5.32 Å². The highest BCUT2D eigenvalue weighted by molar-refractivity contribution is 7.99. The molecule has 18 heavy (non-hydrogen) atoms. The van der Waals surface area contributed by atoms with Gasteiger partial charge in [-0.25, -0.2) is 4.39 Å². The number of phenolic OH excluding ortho intramolecular Hbond substituents is 1. The number of hydrogen-bond donors (Lipinski definition) is 3. The Hall–Kier alpha value is -1.27. The summed E-state index contributed by atoms with van der Waals surface area (Å²) in [5.74, 6) is 0.116. The summed E-state index contributed by atoms with van der Waals surface area (Å²) < 4.78 is 13.3. The van der Waals surface area contributed by atoms with Crippen molar-refractivity contribution in [1.29, 1.82) is 0 Å². The molecule has 0 bridgehead atoms. The van der Waals surface area contributed by atoms with E-state index >= 15 is 0 Å². The van der Waals surface area contributed by atoms with Crippen LogP contribution in [0.15, 0.2) is 18.2 Å². The van der Waals surface area contributed by atoms with Crippen molar-refractivity contribution in [3.63, 3.8) is 0 Å². The van der Waals surface area contributed by atoms with Crippen LogP contribution < -0.4 is 5.32 Å². The number of carbonyl (C=O) groups excluding carboxylic acids is 1. The van der Waals surface area contributed by atoms with E-state index in [1.165, 1.54) is 12.1 Å². The van der Waals surface area contributed by atoms with Gasteiger partial charge in [0.05, 0.1) is 5.56 Å². The largest absolute Gasteiger partial charge is 0.508 e. The van der Waals surface area contributed by atoms with Crippen molar-refractivity contribution in [2.75, 3.05) is 24.7 Å². The normalized spacial score (nSPS) is 10.3. The number of aliphatic hydroxyl groups is 1. The fourth-order valence-electron chi connectivity index (χ4n) is 1.29. The van der Waals surface area contributed by atoms with Crippen LogP contribution in [-0.2, 0) is 0 Å². The molecule has 0 aliphatic rings. The van der Waals surface area contributed by atoms with Crippen LogP contribution in [-0.4, -0.2) is 40.8 Å². The van der Waals surface area contributed by atoms with Crippen molar-refractivity contribution in [3.05, 3.63) is 29.6 Å². The maximum atomic E-state index is 13.3. The maximum absolute atomic E-state index is 13.3. The van der Waals surface area contributed by atoms with Crippen LogP contribution in [0.5, 0.6) is 5.75 Å². The van der Waals surface area contributed by atoms with Gasteiger partial charge in [-0.2, -0.15) is 11.8 Å². The Kier molecular flexibility index (Phi) is 6.53. The summed E-state index contributed by atoms with van der Waals surface area (Å²) >= 11 is 1.61. The number of thioether (sulfide) groups is 1. The molecule has 1 aromatic rings. The minimum atomic E-state index is -0.736. The highest BCUT2D eigenvalue weighted by atomic mass is 32.2. The first-order chi connectivity index (χ1) is 8.65. The SMILES string of the molecule is O=C(NCCSCCCO)c1ccc(O)cc1F. The van der Waals surface area contributed by atoms with E-state index in [4.69, 9.17) is 10.2 Å². The van der Waals surface area contributed by atoms with Gasteiger partial charge in [0, 0.05) is 25.0 Å². The molecule has 0 aliphatic carbocycles. The lowest BCUT2D eigenvalue weighted by atomic mass is 10.2. The molecule has 0 fully saturated rings. The maximum Gasteiger partial charge on any atom is 0.254 e. The Morgan fingerprint density at radius 2 is 2.17 bits per heavy atom. The van der Waals surface area contributed by atoms with Gasteiger partial charge in [-0.1, -0.05) is 0 Å². The highest BCUT2D eigenvalue weighted by Crippen LogP contribution is 2.14. The molecule has 1 aromatic carbocycles. The summed E-state index contributed by atoms with van der Waals surface area (Å²) in [5.41, 5.74) is -0.0758. The molecule has 100 valence electrons. The molecule has 0 heterocycles. The number of aliphatic hydroxyl groups excluding tert-OH is 1. The average molecular weight is 273 g/mol. The zero-order valence-electron chi connectivity index (χ0n) is 9.86. The van der Waals surface area contributed by atoms with Gasteiger partial charge in [-0.3, -0.25) is 4.79 Å². The highest BCUT2D eigenvalue weighted by Gasteiger charge is 2.11. The van der Waals surface area contributed by atoms with Crippen molar-refractivity contribution in [3.8, 4) is 5.75 Å². The molecule has 1 rings (SSSR count). The van der Waals surface area contributed by atoms with E-state index in [-0.39, 0.29) is 17.9 Å². The Labute approximate surface area is 109 Å². The lowest BCUT2D eigenvalue weighted by Gasteiger charge is -2.06. The quantitative estimate of drug-likeness (QED) is 0.656. The van der Waals surface area contributed by atoms with Gasteiger partial charge < -0.3 is 15.5 Å². The molecule has 0 aliphatic heterocycles. The molecule has 0 aromatic heterocycles. The van der Waals surface area contributed by atoms with Crippen molar-refractivity contribution < 1.29 is 19.4 Å². The Bertz CT molecular complexity index is 401. The topological polar surface area (TPSA) is 69.6 Å². The second-order valence-electron chi connectivity index (χ2n) is 3.61. The predicted molar refractivity (Wildman–Crippen MR) is 69.4 cm³/mol. The molecular formula is C12H16FNO3S. The van der Waals surface area contributed by atoms with Gasteiger partial charge in [0.1, 0.15) is 11.6 Å². The van der Waals surface area contributed by atoms with E-state index in [1.54, 1.807) is 11.8 Å². The van der Waals surface area contributed by atoms with E-state index in [0.717, 1.165) is 18.2 Å². The number of benzene rings is 1. The number of nitrogens with one attached hydrogen (secondary N) is 1. The number of hydrogen-bond acceptors (Lipinski definition) is 4. The van der Waals surface area contributed by atoms with Crippen LogP contribution in [0.2, 0.25) is 0 Å². The Morgan fingerprint density at radius 3 is 2.83 bits per heavy atom. The van der Waals surface area contributed by atoms with Gasteiger partial charge in [0.25, 0.3) is 5.91 Å². The standard InChI is InChI=1S/C12H16FNO3S/c13-11-8-9(16)2-3-10(11)12(17)14-4-7-18-6-1-5-15/h2-3,8,15-16H,1,4-7H2,(H,14,17). The van der Waals surface area contributed by atoms with E-state index in [2.05, 4.69) is 5.32 Å². The smallest absolute Gasteiger partial charge is 0.254 e. The third-order valence-corrected chi connectivity index (χ3v) is 3.25. The fraction of sp³-hybridized carbons (Fsp3) is 0.417. The van der Waals surface area contributed by atoms with Crippen molar-refractivity contribution >= 4 is 17.7 Å². The summed E-state index contributed by atoms with van der Waals surface area (Å²) in [4.78, 5) is 11.6. The summed E-state index contributed by atoms with van der Waals surface area (Å²) in [7, 11) is 0. The molecular weight excluding hydrogens is 257 g/mol. The third kappa shape index (κ3) is 4.93. The summed E-state index contributed by atoms with van der Waals surface area (Å²) in [6.07, 6.45) is 0.727. The van der Waals surface area contributed by atoms with E-state index in [9.17, 15) is 9.18 Å². The first-order valence-electron chi connectivity index (χ1n) is 5.60. The van der Waals surface area contributed by atoms with Crippen LogP contribution in [0.1, 0.15) is 16.8 Å². The number of amides is 1. The van der Waals surface area contributed by atoms with E-state index < -0.39 is 11.7 Å². The molecule has 1 amide bonds. The molecule has 6 heteroatoms. The lowest BCUT2D eigenvalue weighted by molar-refractivity contribution is 0.0952. The molecule has 3 N–H and O–H groups in total. The van der Waals surface area contributed by atoms with Gasteiger partial charge in [-0.15, -0.1) is 0 Å². The summed E-state index contributed by atoms with van der Waals surface area (Å²) in [5, 5.41) is 20.2. The van der Waals surface area contributed by atoms with Crippen LogP contribution in [0.3, 0.4) is 0 Å². The number of carbonyl (C=O) groups is 1. The number of rotatable bonds is 7. The van der Waals surface area contributed by atoms with E-state index in [1.807, 2.05) is 0 Å². The van der Waals surface area contributed by atoms with Gasteiger partial charge in [0.15, 0.2) is 0 Å². The fourth-order valence-corrected chi connectivity index (χ4v) is 2.07. The average Bonchev–Trinajstić information content (AvgIpc) is 2.33. The van der Waals surface area contributed by atoms with Gasteiger partial charge in [0.2, 0.25) is 0 Å². The lowest BCUT2D eigenvalue weighted by Crippen LogP contribution is -2.26. The van der Waals surface area contributed by atoms with Crippen LogP contribution in [0.25, 0.3) is 0 Å². The summed E-state index contributed by atoms with van der Waals surface area (Å²) in [6, 6.07) is 3.43. The molecule has 0 spiro atoms. The third-order valence-electron chi connectivity index (χ3n) is 2.18. The zero-order valence-corrected chi connectivity index (χ0v) is 10.7. The van der Waals surface area contributed by atoms with Crippen LogP contribution >= 0.6 is 11.8 Å². The predicted octanol–water partition coefficient (Wildman–Crippen LogP) is 1.38. The van der Waals surface area contributed by atoms with E-state index in [0.29, 0.717) is 12.3 Å².